The van der Waals surface area contributed by atoms with Gasteiger partial charge in [-0.3, -0.25) is 14.4 Å². The molecule has 2 N–H and O–H groups in total. The van der Waals surface area contributed by atoms with Crippen LogP contribution in [0.15, 0.2) is 48.5 Å². The molecule has 9 nitrogen and oxygen atoms in total. The zero-order valence-electron chi connectivity index (χ0n) is 23.5. The number of nitrogens with zero attached hydrogens (tertiary/aromatic N) is 2. The van der Waals surface area contributed by atoms with Crippen LogP contribution in [-0.2, 0) is 14.4 Å². The predicted molar refractivity (Wildman–Crippen MR) is 154 cm³/mol. The summed E-state index contributed by atoms with van der Waals surface area (Å²) in [5.74, 6) is 1.66. The summed E-state index contributed by atoms with van der Waals surface area (Å²) in [6.07, 6.45) is 6.64. The van der Waals surface area contributed by atoms with Gasteiger partial charge in [0.2, 0.25) is 17.7 Å². The van der Waals surface area contributed by atoms with Gasteiger partial charge in [0.1, 0.15) is 5.75 Å². The van der Waals surface area contributed by atoms with E-state index in [1.54, 1.807) is 26.2 Å². The fourth-order valence-corrected chi connectivity index (χ4v) is 5.01. The Balaban J connectivity index is 1.71. The van der Waals surface area contributed by atoms with E-state index < -0.39 is 0 Å². The number of amides is 3. The average Bonchev–Trinajstić information content (AvgIpc) is 2.95. The molecule has 0 radical (unpaired) electrons. The smallest absolute Gasteiger partial charge is 0.246 e. The van der Waals surface area contributed by atoms with Crippen LogP contribution in [0.4, 0.5) is 0 Å². The molecule has 5 rings (SSSR count). The predicted octanol–water partition coefficient (Wildman–Crippen LogP) is 3.90. The number of benzene rings is 2. The maximum absolute atomic E-state index is 13.1. The quantitative estimate of drug-likeness (QED) is 0.561. The maximum Gasteiger partial charge on any atom is 0.246 e. The fraction of sp³-hybridized carbons (Fsp3) is 0.452. The second kappa shape index (κ2) is 14.5. The largest absolute Gasteiger partial charge is 0.493 e. The third-order valence-corrected chi connectivity index (χ3v) is 7.29. The van der Waals surface area contributed by atoms with Gasteiger partial charge in [0.15, 0.2) is 11.5 Å². The first-order valence-electron chi connectivity index (χ1n) is 14.1. The molecule has 214 valence electrons. The number of methoxy groups -OCH3 is 1. The first kappa shape index (κ1) is 29.1. The summed E-state index contributed by atoms with van der Waals surface area (Å²) in [5.41, 5.74) is 1.79. The molecule has 0 aliphatic carbocycles. The minimum absolute atomic E-state index is 0.0433. The van der Waals surface area contributed by atoms with Crippen LogP contribution in [0.2, 0.25) is 0 Å². The van der Waals surface area contributed by atoms with Crippen LogP contribution >= 0.6 is 0 Å². The first-order chi connectivity index (χ1) is 19.4. The highest BCUT2D eigenvalue weighted by molar-refractivity contribution is 5.91. The van der Waals surface area contributed by atoms with Gasteiger partial charge < -0.3 is 29.9 Å². The molecule has 0 spiro atoms. The summed E-state index contributed by atoms with van der Waals surface area (Å²) in [7, 11) is 1.59. The van der Waals surface area contributed by atoms with Crippen LogP contribution in [-0.4, -0.2) is 73.9 Å². The molecule has 2 aromatic carbocycles. The zero-order valence-corrected chi connectivity index (χ0v) is 23.5. The standard InChI is InChI=1S/C31H40N4O5/c1-23(36)34-17-3-4-18-35-20-6-16-33-30(37)22-27(32-15-5-19-34)25-10-13-28(39-2)29(21-25)40-26-11-7-24(8-12-26)9-14-31(35)38/h7-14,21,27,32H,3-6,15-20,22H2,1-2H3,(H,33,37)/b14-9-. The molecular weight excluding hydrogens is 508 g/mol. The van der Waals surface area contributed by atoms with E-state index >= 15 is 0 Å². The molecule has 2 aromatic rings. The number of fused-ring (bicyclic) bond motifs is 3. The van der Waals surface area contributed by atoms with Gasteiger partial charge in [0.05, 0.1) is 7.11 Å². The molecule has 1 unspecified atom stereocenters. The van der Waals surface area contributed by atoms with E-state index in [0.29, 0.717) is 62.9 Å². The first-order valence-corrected chi connectivity index (χ1v) is 14.1. The second-order valence-electron chi connectivity index (χ2n) is 10.2. The van der Waals surface area contributed by atoms with E-state index in [1.807, 2.05) is 52.3 Å². The van der Waals surface area contributed by atoms with Crippen LogP contribution in [0.1, 0.15) is 56.2 Å². The molecule has 3 amide bonds. The summed E-state index contributed by atoms with van der Waals surface area (Å²) < 4.78 is 11.8. The van der Waals surface area contributed by atoms with Crippen LogP contribution in [0.3, 0.4) is 0 Å². The van der Waals surface area contributed by atoms with Gasteiger partial charge in [0, 0.05) is 58.2 Å². The Morgan fingerprint density at radius 3 is 2.42 bits per heavy atom. The highest BCUT2D eigenvalue weighted by atomic mass is 16.5. The molecule has 3 aliphatic heterocycles. The topological polar surface area (TPSA) is 100 Å². The van der Waals surface area contributed by atoms with Gasteiger partial charge in [-0.1, -0.05) is 18.2 Å². The normalized spacial score (nSPS) is 20.5. The van der Waals surface area contributed by atoms with E-state index in [4.69, 9.17) is 9.47 Å². The minimum atomic E-state index is -0.263. The SMILES string of the molecule is COc1ccc2cc1Oc1ccc(cc1)/C=C\C(=O)N1CCCCN(C(C)=O)CCCNC2CC(=O)NCCC1. The molecular formula is C31H40N4O5. The monoisotopic (exact) mass is 548 g/mol. The fourth-order valence-electron chi connectivity index (χ4n) is 5.01. The number of ether oxygens (including phenoxy) is 2. The zero-order chi connectivity index (χ0) is 28.3. The van der Waals surface area contributed by atoms with Crippen molar-refractivity contribution in [3.05, 3.63) is 59.7 Å². The number of carbonyl (C=O) groups is 3. The van der Waals surface area contributed by atoms with Gasteiger partial charge >= 0.3 is 0 Å². The van der Waals surface area contributed by atoms with E-state index in [0.717, 1.165) is 30.4 Å². The molecule has 40 heavy (non-hydrogen) atoms. The van der Waals surface area contributed by atoms with Crippen molar-refractivity contribution in [2.24, 2.45) is 0 Å². The molecule has 1 atom stereocenters. The van der Waals surface area contributed by atoms with Gasteiger partial charge in [-0.15, -0.1) is 0 Å². The molecule has 3 heterocycles. The second-order valence-corrected chi connectivity index (χ2v) is 10.2. The highest BCUT2D eigenvalue weighted by Gasteiger charge is 2.20. The lowest BCUT2D eigenvalue weighted by Crippen LogP contribution is -2.35. The molecule has 0 aromatic heterocycles. The molecule has 1 saturated heterocycles. The Morgan fingerprint density at radius 2 is 1.65 bits per heavy atom. The van der Waals surface area contributed by atoms with Crippen molar-refractivity contribution in [2.75, 3.05) is 46.4 Å². The Hall–Kier alpha value is -3.85. The molecule has 9 heteroatoms. The van der Waals surface area contributed by atoms with Crippen molar-refractivity contribution in [3.63, 3.8) is 0 Å². The van der Waals surface area contributed by atoms with Crippen molar-refractivity contribution < 1.29 is 23.9 Å². The van der Waals surface area contributed by atoms with Crippen molar-refractivity contribution in [1.82, 2.24) is 20.4 Å². The number of carbonyl (C=O) groups excluding carboxylic acids is 3. The van der Waals surface area contributed by atoms with E-state index in [9.17, 15) is 14.4 Å². The van der Waals surface area contributed by atoms with Crippen LogP contribution in [0.5, 0.6) is 17.2 Å². The van der Waals surface area contributed by atoms with Crippen molar-refractivity contribution in [3.8, 4) is 17.2 Å². The highest BCUT2D eigenvalue weighted by Crippen LogP contribution is 2.35. The lowest BCUT2D eigenvalue weighted by molar-refractivity contribution is -0.129. The number of hydrogen-bond acceptors (Lipinski definition) is 6. The Kier molecular flexibility index (Phi) is 10.6. The molecule has 3 aliphatic rings. The average molecular weight is 549 g/mol. The molecule has 0 saturated carbocycles. The minimum Gasteiger partial charge on any atom is -0.493 e. The summed E-state index contributed by atoms with van der Waals surface area (Å²) >= 11 is 0. The van der Waals surface area contributed by atoms with Crippen molar-refractivity contribution in [2.45, 2.75) is 45.1 Å². The maximum atomic E-state index is 13.1. The van der Waals surface area contributed by atoms with Crippen molar-refractivity contribution in [1.29, 1.82) is 0 Å². The van der Waals surface area contributed by atoms with E-state index in [-0.39, 0.29) is 30.2 Å². The number of hydrogen-bond donors (Lipinski definition) is 2. The van der Waals surface area contributed by atoms with Gasteiger partial charge in [0.25, 0.3) is 0 Å². The molecule has 6 bridgehead atoms. The number of rotatable bonds is 1. The van der Waals surface area contributed by atoms with Gasteiger partial charge in [-0.05, 0) is 73.7 Å². The summed E-state index contributed by atoms with van der Waals surface area (Å²) in [6.45, 7) is 5.13. The Bertz CT molecular complexity index is 1200. The van der Waals surface area contributed by atoms with E-state index in [1.165, 1.54) is 0 Å². The van der Waals surface area contributed by atoms with Crippen molar-refractivity contribution >= 4 is 23.8 Å². The summed E-state index contributed by atoms with van der Waals surface area (Å²) in [5, 5.41) is 6.56. The number of nitrogens with one attached hydrogen (secondary N) is 2. The third-order valence-electron chi connectivity index (χ3n) is 7.29. The summed E-state index contributed by atoms with van der Waals surface area (Å²) in [6, 6.07) is 13.0. The molecule has 1 fully saturated rings. The van der Waals surface area contributed by atoms with Crippen LogP contribution < -0.4 is 20.1 Å². The third kappa shape index (κ3) is 8.32. The van der Waals surface area contributed by atoms with Gasteiger partial charge in [-0.25, -0.2) is 0 Å². The van der Waals surface area contributed by atoms with E-state index in [2.05, 4.69) is 10.6 Å². The summed E-state index contributed by atoms with van der Waals surface area (Å²) in [4.78, 5) is 42.1. The van der Waals surface area contributed by atoms with Crippen LogP contribution in [0.25, 0.3) is 6.08 Å². The Morgan fingerprint density at radius 1 is 0.925 bits per heavy atom. The van der Waals surface area contributed by atoms with Gasteiger partial charge in [-0.2, -0.15) is 0 Å². The van der Waals surface area contributed by atoms with Crippen LogP contribution in [0, 0.1) is 0 Å². The lowest BCUT2D eigenvalue weighted by Gasteiger charge is -2.24. The lowest BCUT2D eigenvalue weighted by atomic mass is 10.0. The Labute approximate surface area is 236 Å².